The number of carbonyl (C=O) groups is 3. The van der Waals surface area contributed by atoms with Crippen LogP contribution in [0.4, 0.5) is 4.79 Å². The smallest absolute Gasteiger partial charge is 0.407 e. The van der Waals surface area contributed by atoms with Gasteiger partial charge in [0.25, 0.3) is 5.78 Å². The SMILES string of the molecule is CCOC(=O)C(=O)c1cn(CCCNC(=O)OC(C)(C)C)c2ccccc12. The van der Waals surface area contributed by atoms with Gasteiger partial charge in [-0.25, -0.2) is 9.59 Å². The number of amides is 1. The fourth-order valence-corrected chi connectivity index (χ4v) is 2.67. The number of rotatable bonds is 7. The number of ketones is 1. The first-order valence-electron chi connectivity index (χ1n) is 8.99. The van der Waals surface area contributed by atoms with Gasteiger partial charge in [0.15, 0.2) is 0 Å². The number of benzene rings is 1. The summed E-state index contributed by atoms with van der Waals surface area (Å²) in [7, 11) is 0. The molecule has 2 aromatic rings. The van der Waals surface area contributed by atoms with E-state index in [1.165, 1.54) is 0 Å². The fraction of sp³-hybridized carbons (Fsp3) is 0.450. The van der Waals surface area contributed by atoms with Crippen molar-refractivity contribution in [2.75, 3.05) is 13.2 Å². The van der Waals surface area contributed by atoms with Crippen molar-refractivity contribution in [3.05, 3.63) is 36.0 Å². The third kappa shape index (κ3) is 5.57. The van der Waals surface area contributed by atoms with Gasteiger partial charge < -0.3 is 19.4 Å². The molecule has 0 spiro atoms. The van der Waals surface area contributed by atoms with Crippen LogP contribution in [0.1, 0.15) is 44.5 Å². The number of ether oxygens (including phenoxy) is 2. The summed E-state index contributed by atoms with van der Waals surface area (Å²) >= 11 is 0. The molecule has 0 saturated carbocycles. The molecule has 0 radical (unpaired) electrons. The number of para-hydroxylation sites is 1. The number of fused-ring (bicyclic) bond motifs is 1. The molecular weight excluding hydrogens is 348 g/mol. The lowest BCUT2D eigenvalue weighted by Crippen LogP contribution is -2.33. The zero-order valence-electron chi connectivity index (χ0n) is 16.2. The van der Waals surface area contributed by atoms with Crippen molar-refractivity contribution in [1.82, 2.24) is 9.88 Å². The third-order valence-electron chi connectivity index (χ3n) is 3.74. The molecule has 0 atom stereocenters. The summed E-state index contributed by atoms with van der Waals surface area (Å²) < 4.78 is 11.9. The van der Waals surface area contributed by atoms with Crippen LogP contribution in [0, 0.1) is 0 Å². The molecule has 1 heterocycles. The summed E-state index contributed by atoms with van der Waals surface area (Å²) in [5, 5.41) is 3.41. The lowest BCUT2D eigenvalue weighted by molar-refractivity contribution is -0.137. The number of nitrogens with one attached hydrogen (secondary N) is 1. The normalized spacial score (nSPS) is 11.3. The summed E-state index contributed by atoms with van der Waals surface area (Å²) in [5.41, 5.74) is 0.634. The van der Waals surface area contributed by atoms with Crippen LogP contribution in [-0.2, 0) is 20.8 Å². The van der Waals surface area contributed by atoms with Crippen LogP contribution < -0.4 is 5.32 Å². The number of aryl methyl sites for hydroxylation is 1. The van der Waals surface area contributed by atoms with Gasteiger partial charge >= 0.3 is 12.1 Å². The van der Waals surface area contributed by atoms with Crippen LogP contribution in [0.2, 0.25) is 0 Å². The lowest BCUT2D eigenvalue weighted by atomic mass is 10.1. The molecule has 1 aromatic heterocycles. The van der Waals surface area contributed by atoms with E-state index in [4.69, 9.17) is 9.47 Å². The highest BCUT2D eigenvalue weighted by atomic mass is 16.6. The summed E-state index contributed by atoms with van der Waals surface area (Å²) in [5.74, 6) is -1.51. The van der Waals surface area contributed by atoms with Crippen molar-refractivity contribution in [1.29, 1.82) is 0 Å². The van der Waals surface area contributed by atoms with E-state index < -0.39 is 23.4 Å². The van der Waals surface area contributed by atoms with Crippen LogP contribution in [0.25, 0.3) is 10.9 Å². The van der Waals surface area contributed by atoms with Gasteiger partial charge in [0.05, 0.1) is 12.2 Å². The second-order valence-corrected chi connectivity index (χ2v) is 7.09. The van der Waals surface area contributed by atoms with Crippen LogP contribution in [0.3, 0.4) is 0 Å². The predicted octanol–water partition coefficient (Wildman–Crippen LogP) is 3.30. The molecule has 7 nitrogen and oxygen atoms in total. The van der Waals surface area contributed by atoms with Crippen molar-refractivity contribution in [2.24, 2.45) is 0 Å². The number of aromatic nitrogens is 1. The minimum absolute atomic E-state index is 0.152. The van der Waals surface area contributed by atoms with Gasteiger partial charge in [-0.2, -0.15) is 0 Å². The monoisotopic (exact) mass is 374 g/mol. The van der Waals surface area contributed by atoms with Gasteiger partial charge in [0.1, 0.15) is 5.60 Å². The maximum atomic E-state index is 12.4. The molecule has 0 saturated heterocycles. The number of carbonyl (C=O) groups excluding carboxylic acids is 3. The highest BCUT2D eigenvalue weighted by Crippen LogP contribution is 2.22. The maximum absolute atomic E-state index is 12.4. The lowest BCUT2D eigenvalue weighted by Gasteiger charge is -2.19. The van der Waals surface area contributed by atoms with E-state index in [-0.39, 0.29) is 6.61 Å². The van der Waals surface area contributed by atoms with E-state index in [9.17, 15) is 14.4 Å². The number of Topliss-reactive ketones (excluding diaryl/α,β-unsaturated/α-hetero) is 1. The molecule has 1 amide bonds. The predicted molar refractivity (Wildman–Crippen MR) is 102 cm³/mol. The Bertz CT molecular complexity index is 832. The Morgan fingerprint density at radius 3 is 2.52 bits per heavy atom. The van der Waals surface area contributed by atoms with Crippen molar-refractivity contribution < 1.29 is 23.9 Å². The molecule has 0 aliphatic heterocycles. The highest BCUT2D eigenvalue weighted by molar-refractivity contribution is 6.43. The van der Waals surface area contributed by atoms with E-state index in [0.717, 1.165) is 5.52 Å². The van der Waals surface area contributed by atoms with Crippen molar-refractivity contribution >= 4 is 28.7 Å². The summed E-state index contributed by atoms with van der Waals surface area (Å²) in [6, 6.07) is 7.38. The standard InChI is InChI=1S/C20H26N2O5/c1-5-26-18(24)17(23)15-13-22(16-10-7-6-9-14(15)16)12-8-11-21-19(25)27-20(2,3)4/h6-7,9-10,13H,5,8,11-12H2,1-4H3,(H,21,25). The summed E-state index contributed by atoms with van der Waals surface area (Å²) in [4.78, 5) is 35.8. The molecule has 0 aliphatic carbocycles. The minimum atomic E-state index is -0.855. The van der Waals surface area contributed by atoms with E-state index in [1.807, 2.05) is 22.8 Å². The van der Waals surface area contributed by atoms with Gasteiger partial charge in [-0.3, -0.25) is 4.79 Å². The first-order valence-corrected chi connectivity index (χ1v) is 8.99. The quantitative estimate of drug-likeness (QED) is 0.348. The molecule has 1 N–H and O–H groups in total. The Kier molecular flexibility index (Phi) is 6.60. The van der Waals surface area contributed by atoms with Crippen LogP contribution in [0.15, 0.2) is 30.5 Å². The van der Waals surface area contributed by atoms with Crippen molar-refractivity contribution in [3.63, 3.8) is 0 Å². The Labute approximate surface area is 158 Å². The summed E-state index contributed by atoms with van der Waals surface area (Å²) in [6.45, 7) is 8.24. The topological polar surface area (TPSA) is 86.6 Å². The van der Waals surface area contributed by atoms with Crippen LogP contribution >= 0.6 is 0 Å². The first kappa shape index (κ1) is 20.5. The number of alkyl carbamates (subject to hydrolysis) is 1. The van der Waals surface area contributed by atoms with E-state index in [2.05, 4.69) is 5.32 Å². The average Bonchev–Trinajstić information content (AvgIpc) is 2.95. The number of hydrogen-bond acceptors (Lipinski definition) is 5. The second-order valence-electron chi connectivity index (χ2n) is 7.09. The Morgan fingerprint density at radius 1 is 1.15 bits per heavy atom. The second kappa shape index (κ2) is 8.70. The minimum Gasteiger partial charge on any atom is -0.460 e. The summed E-state index contributed by atoms with van der Waals surface area (Å²) in [6.07, 6.45) is 1.85. The first-order chi connectivity index (χ1) is 12.7. The molecule has 1 aromatic carbocycles. The van der Waals surface area contributed by atoms with E-state index in [0.29, 0.717) is 30.5 Å². The molecule has 0 bridgehead atoms. The Balaban J connectivity index is 2.05. The molecule has 0 fully saturated rings. The van der Waals surface area contributed by atoms with E-state index >= 15 is 0 Å². The van der Waals surface area contributed by atoms with E-state index in [1.54, 1.807) is 40.0 Å². The molecule has 2 rings (SSSR count). The number of esters is 1. The average molecular weight is 374 g/mol. The zero-order valence-corrected chi connectivity index (χ0v) is 16.2. The molecule has 0 unspecified atom stereocenters. The van der Waals surface area contributed by atoms with Gasteiger partial charge in [0.2, 0.25) is 0 Å². The van der Waals surface area contributed by atoms with Crippen LogP contribution in [0.5, 0.6) is 0 Å². The molecule has 0 aliphatic rings. The third-order valence-corrected chi connectivity index (χ3v) is 3.74. The van der Waals surface area contributed by atoms with Gasteiger partial charge in [-0.05, 0) is 40.2 Å². The molecule has 27 heavy (non-hydrogen) atoms. The fourth-order valence-electron chi connectivity index (χ4n) is 2.67. The van der Waals surface area contributed by atoms with Gasteiger partial charge in [0, 0.05) is 30.2 Å². The Morgan fingerprint density at radius 2 is 1.85 bits per heavy atom. The molecule has 7 heteroatoms. The molecular formula is C20H26N2O5. The number of nitrogens with zero attached hydrogens (tertiary/aromatic N) is 1. The Hall–Kier alpha value is -2.83. The van der Waals surface area contributed by atoms with Crippen molar-refractivity contribution in [2.45, 2.75) is 46.3 Å². The van der Waals surface area contributed by atoms with Gasteiger partial charge in [-0.1, -0.05) is 18.2 Å². The largest absolute Gasteiger partial charge is 0.460 e. The van der Waals surface area contributed by atoms with Crippen LogP contribution in [-0.4, -0.2) is 41.2 Å². The van der Waals surface area contributed by atoms with Crippen molar-refractivity contribution in [3.8, 4) is 0 Å². The zero-order chi connectivity index (χ0) is 20.0. The van der Waals surface area contributed by atoms with Gasteiger partial charge in [-0.15, -0.1) is 0 Å². The number of hydrogen-bond donors (Lipinski definition) is 1. The maximum Gasteiger partial charge on any atom is 0.407 e. The molecule has 146 valence electrons. The highest BCUT2D eigenvalue weighted by Gasteiger charge is 2.22.